The number of ether oxygens (including phenoxy) is 1. The molecule has 0 atom stereocenters. The van der Waals surface area contributed by atoms with Gasteiger partial charge in [0.2, 0.25) is 0 Å². The fraction of sp³-hybridized carbons (Fsp3) is 0.0769. The van der Waals surface area contributed by atoms with Crippen LogP contribution in [-0.4, -0.2) is 23.6 Å². The highest BCUT2D eigenvalue weighted by Gasteiger charge is 2.14. The van der Waals surface area contributed by atoms with Gasteiger partial charge in [0.25, 0.3) is 5.91 Å². The van der Waals surface area contributed by atoms with Gasteiger partial charge in [-0.05, 0) is 29.6 Å². The van der Waals surface area contributed by atoms with Crippen molar-refractivity contribution in [2.45, 2.75) is 0 Å². The minimum atomic E-state index is -1.11. The Labute approximate surface area is 117 Å². The number of nitrogens with one attached hydrogen (secondary N) is 1. The Morgan fingerprint density at radius 2 is 2.15 bits per heavy atom. The molecule has 0 saturated heterocycles. The second-order valence-corrected chi connectivity index (χ2v) is 4.68. The summed E-state index contributed by atoms with van der Waals surface area (Å²) in [5, 5.41) is 12.9. The molecule has 1 aromatic heterocycles. The number of carbonyl (C=O) groups excluding carboxylic acids is 1. The van der Waals surface area contributed by atoms with Crippen molar-refractivity contribution in [1.82, 2.24) is 0 Å². The average molecular weight is 295 g/mol. The summed E-state index contributed by atoms with van der Waals surface area (Å²) in [5.74, 6) is -1.94. The Morgan fingerprint density at radius 3 is 2.85 bits per heavy atom. The number of halogens is 1. The molecule has 0 aliphatic heterocycles. The van der Waals surface area contributed by atoms with E-state index in [1.54, 1.807) is 5.38 Å². The van der Waals surface area contributed by atoms with Gasteiger partial charge in [0.1, 0.15) is 11.6 Å². The van der Waals surface area contributed by atoms with Crippen LogP contribution in [0.1, 0.15) is 9.67 Å². The number of hydrogen-bond donors (Lipinski definition) is 2. The van der Waals surface area contributed by atoms with Crippen LogP contribution in [-0.2, 0) is 4.79 Å². The third-order valence-corrected chi connectivity index (χ3v) is 3.17. The highest BCUT2D eigenvalue weighted by Crippen LogP contribution is 2.24. The van der Waals surface area contributed by atoms with Gasteiger partial charge in [0.15, 0.2) is 11.5 Å². The average Bonchev–Trinajstić information content (AvgIpc) is 2.85. The minimum Gasteiger partial charge on any atom is -0.482 e. The van der Waals surface area contributed by atoms with E-state index in [-0.39, 0.29) is 17.2 Å². The first kappa shape index (κ1) is 14.0. The Bertz CT molecular complexity index is 641. The lowest BCUT2D eigenvalue weighted by Gasteiger charge is -2.07. The molecule has 2 aromatic rings. The van der Waals surface area contributed by atoms with E-state index in [0.717, 1.165) is 11.3 Å². The first-order chi connectivity index (χ1) is 9.56. The first-order valence-electron chi connectivity index (χ1n) is 5.55. The molecule has 7 heteroatoms. The zero-order valence-electron chi connectivity index (χ0n) is 10.1. The number of thiophene rings is 1. The Morgan fingerprint density at radius 1 is 1.35 bits per heavy atom. The van der Waals surface area contributed by atoms with E-state index in [0.29, 0.717) is 5.69 Å². The van der Waals surface area contributed by atoms with Crippen molar-refractivity contribution in [1.29, 1.82) is 0 Å². The number of benzene rings is 1. The van der Waals surface area contributed by atoms with E-state index in [2.05, 4.69) is 5.32 Å². The van der Waals surface area contributed by atoms with Crippen LogP contribution < -0.4 is 10.1 Å². The molecule has 1 amide bonds. The van der Waals surface area contributed by atoms with Gasteiger partial charge in [-0.25, -0.2) is 9.18 Å². The van der Waals surface area contributed by atoms with Crippen molar-refractivity contribution < 1.29 is 23.8 Å². The van der Waals surface area contributed by atoms with Gasteiger partial charge < -0.3 is 15.2 Å². The summed E-state index contributed by atoms with van der Waals surface area (Å²) in [7, 11) is 0. The van der Waals surface area contributed by atoms with E-state index in [9.17, 15) is 14.0 Å². The van der Waals surface area contributed by atoms with Gasteiger partial charge in [-0.2, -0.15) is 0 Å². The van der Waals surface area contributed by atoms with Crippen LogP contribution in [0.2, 0.25) is 0 Å². The number of rotatable bonds is 5. The van der Waals surface area contributed by atoms with Crippen LogP contribution in [0.15, 0.2) is 35.7 Å². The highest BCUT2D eigenvalue weighted by atomic mass is 32.1. The molecule has 0 bridgehead atoms. The van der Waals surface area contributed by atoms with Crippen LogP contribution in [0.4, 0.5) is 10.1 Å². The predicted molar refractivity (Wildman–Crippen MR) is 71.8 cm³/mol. The molecule has 1 heterocycles. The number of carbonyl (C=O) groups is 2. The van der Waals surface area contributed by atoms with Crippen LogP contribution >= 0.6 is 11.3 Å². The largest absolute Gasteiger partial charge is 0.482 e. The maximum absolute atomic E-state index is 12.9. The molecule has 1 aromatic carbocycles. The van der Waals surface area contributed by atoms with E-state index in [1.165, 1.54) is 30.3 Å². The molecule has 0 aliphatic rings. The molecule has 0 radical (unpaired) electrons. The summed E-state index contributed by atoms with van der Waals surface area (Å²) < 4.78 is 18.0. The number of carboxylic acids is 1. The van der Waals surface area contributed by atoms with Gasteiger partial charge in [-0.15, -0.1) is 11.3 Å². The number of amides is 1. The zero-order chi connectivity index (χ0) is 14.5. The molecule has 0 aliphatic carbocycles. The van der Waals surface area contributed by atoms with Crippen LogP contribution in [0, 0.1) is 5.82 Å². The summed E-state index contributed by atoms with van der Waals surface area (Å²) in [4.78, 5) is 22.5. The summed E-state index contributed by atoms with van der Waals surface area (Å²) in [6.07, 6.45) is 0. The van der Waals surface area contributed by atoms with Crippen molar-refractivity contribution in [2.24, 2.45) is 0 Å². The van der Waals surface area contributed by atoms with Crippen LogP contribution in [0.3, 0.4) is 0 Å². The smallest absolute Gasteiger partial charge is 0.349 e. The van der Waals surface area contributed by atoms with Crippen LogP contribution in [0.25, 0.3) is 0 Å². The molecule has 0 unspecified atom stereocenters. The SMILES string of the molecule is O=C(COc1ccsc1C(=O)O)Nc1cccc(F)c1. The Kier molecular flexibility index (Phi) is 4.31. The Balaban J connectivity index is 1.92. The number of anilines is 1. The van der Waals surface area contributed by atoms with Crippen molar-refractivity contribution >= 4 is 28.9 Å². The van der Waals surface area contributed by atoms with E-state index >= 15 is 0 Å². The molecule has 104 valence electrons. The predicted octanol–water partition coefficient (Wildman–Crippen LogP) is 2.60. The molecule has 0 saturated carbocycles. The second-order valence-electron chi connectivity index (χ2n) is 3.77. The quantitative estimate of drug-likeness (QED) is 0.889. The third kappa shape index (κ3) is 3.55. The third-order valence-electron chi connectivity index (χ3n) is 2.29. The zero-order valence-corrected chi connectivity index (χ0v) is 10.9. The van der Waals surface area contributed by atoms with Gasteiger partial charge in [-0.1, -0.05) is 6.07 Å². The van der Waals surface area contributed by atoms with Crippen molar-refractivity contribution in [2.75, 3.05) is 11.9 Å². The molecule has 2 rings (SSSR count). The highest BCUT2D eigenvalue weighted by molar-refractivity contribution is 7.12. The second kappa shape index (κ2) is 6.16. The normalized spacial score (nSPS) is 10.1. The maximum Gasteiger partial charge on any atom is 0.349 e. The lowest BCUT2D eigenvalue weighted by Crippen LogP contribution is -2.20. The fourth-order valence-corrected chi connectivity index (χ4v) is 2.15. The molecule has 2 N–H and O–H groups in total. The molecular weight excluding hydrogens is 285 g/mol. The van der Waals surface area contributed by atoms with E-state index in [4.69, 9.17) is 9.84 Å². The first-order valence-corrected chi connectivity index (χ1v) is 6.43. The topological polar surface area (TPSA) is 75.6 Å². The van der Waals surface area contributed by atoms with E-state index < -0.39 is 17.7 Å². The van der Waals surface area contributed by atoms with Crippen molar-refractivity contribution in [3.05, 3.63) is 46.4 Å². The van der Waals surface area contributed by atoms with Crippen molar-refractivity contribution in [3.8, 4) is 5.75 Å². The van der Waals surface area contributed by atoms with Gasteiger partial charge >= 0.3 is 5.97 Å². The van der Waals surface area contributed by atoms with Gasteiger partial charge in [0.05, 0.1) is 0 Å². The lowest BCUT2D eigenvalue weighted by atomic mass is 10.3. The van der Waals surface area contributed by atoms with Crippen LogP contribution in [0.5, 0.6) is 5.75 Å². The van der Waals surface area contributed by atoms with Crippen molar-refractivity contribution in [3.63, 3.8) is 0 Å². The number of aromatic carboxylic acids is 1. The number of hydrogen-bond acceptors (Lipinski definition) is 4. The molecular formula is C13H10FNO4S. The summed E-state index contributed by atoms with van der Waals surface area (Å²) in [6.45, 7) is -0.354. The number of carboxylic acid groups (broad SMARTS) is 1. The van der Waals surface area contributed by atoms with Gasteiger partial charge in [0, 0.05) is 5.69 Å². The Hall–Kier alpha value is -2.41. The monoisotopic (exact) mass is 295 g/mol. The molecule has 5 nitrogen and oxygen atoms in total. The molecule has 0 spiro atoms. The molecule has 0 fully saturated rings. The molecule has 20 heavy (non-hydrogen) atoms. The standard InChI is InChI=1S/C13H10FNO4S/c14-8-2-1-3-9(6-8)15-11(16)7-19-10-4-5-20-12(10)13(17)18/h1-6H,7H2,(H,15,16)(H,17,18). The summed E-state index contributed by atoms with van der Waals surface area (Å²) in [5.41, 5.74) is 0.308. The van der Waals surface area contributed by atoms with E-state index in [1.807, 2.05) is 0 Å². The minimum absolute atomic E-state index is 0.0311. The summed E-state index contributed by atoms with van der Waals surface area (Å²) >= 11 is 1.01. The summed E-state index contributed by atoms with van der Waals surface area (Å²) in [6, 6.07) is 6.91. The van der Waals surface area contributed by atoms with Gasteiger partial charge in [-0.3, -0.25) is 4.79 Å². The maximum atomic E-state index is 12.9. The fourth-order valence-electron chi connectivity index (χ4n) is 1.47. The lowest BCUT2D eigenvalue weighted by molar-refractivity contribution is -0.118.